The van der Waals surface area contributed by atoms with Crippen LogP contribution in [0.2, 0.25) is 0 Å². The number of aromatic nitrogens is 3. The van der Waals surface area contributed by atoms with Crippen LogP contribution >= 0.6 is 11.8 Å². The largest absolute Gasteiger partial charge is 0.326 e. The molecule has 1 aromatic heterocycles. The molecular formula is C18H18N4OS. The van der Waals surface area contributed by atoms with Gasteiger partial charge in [-0.05, 0) is 43.0 Å². The van der Waals surface area contributed by atoms with Crippen molar-refractivity contribution in [3.8, 4) is 11.4 Å². The monoisotopic (exact) mass is 338 g/mol. The zero-order chi connectivity index (χ0) is 16.9. The van der Waals surface area contributed by atoms with E-state index in [1.165, 1.54) is 4.90 Å². The number of nitrogens with one attached hydrogen (secondary N) is 2. The van der Waals surface area contributed by atoms with E-state index in [4.69, 9.17) is 0 Å². The number of thioether (sulfide) groups is 1. The Labute approximate surface area is 144 Å². The number of anilines is 1. The fourth-order valence-corrected chi connectivity index (χ4v) is 2.75. The van der Waals surface area contributed by atoms with E-state index < -0.39 is 0 Å². The summed E-state index contributed by atoms with van der Waals surface area (Å²) in [5, 5.41) is 9.88. The normalized spacial score (nSPS) is 10.6. The highest BCUT2D eigenvalue weighted by Crippen LogP contribution is 2.20. The number of amides is 1. The summed E-state index contributed by atoms with van der Waals surface area (Å²) in [4.78, 5) is 17.7. The molecule has 0 bridgehead atoms. The maximum Gasteiger partial charge on any atom is 0.228 e. The number of hydrogen-bond acceptors (Lipinski definition) is 4. The van der Waals surface area contributed by atoms with Crippen molar-refractivity contribution in [2.75, 3.05) is 11.6 Å². The van der Waals surface area contributed by atoms with Crippen LogP contribution in [-0.4, -0.2) is 27.3 Å². The second-order valence-corrected chi connectivity index (χ2v) is 6.28. The van der Waals surface area contributed by atoms with Crippen LogP contribution in [-0.2, 0) is 11.2 Å². The van der Waals surface area contributed by atoms with Gasteiger partial charge in [-0.25, -0.2) is 4.98 Å². The van der Waals surface area contributed by atoms with E-state index in [0.29, 0.717) is 12.2 Å². The smallest absolute Gasteiger partial charge is 0.228 e. The van der Waals surface area contributed by atoms with Crippen molar-refractivity contribution >= 4 is 23.4 Å². The molecule has 0 saturated heterocycles. The molecule has 0 radical (unpaired) electrons. The first-order chi connectivity index (χ1) is 11.6. The highest BCUT2D eigenvalue weighted by molar-refractivity contribution is 7.98. The van der Waals surface area contributed by atoms with E-state index in [0.717, 1.165) is 22.6 Å². The maximum atomic E-state index is 12.2. The van der Waals surface area contributed by atoms with Gasteiger partial charge in [-0.15, -0.1) is 11.8 Å². The Hall–Kier alpha value is -2.60. The molecule has 0 fully saturated rings. The standard InChI is InChI=1S/C18H18N4OS/c1-12-19-18(22-21-12)14-4-3-5-15(11-14)20-17(23)10-13-6-8-16(24-2)9-7-13/h3-9,11H,10H2,1-2H3,(H,20,23)(H,19,21,22). The Morgan fingerprint density at radius 3 is 2.67 bits per heavy atom. The van der Waals surface area contributed by atoms with Crippen molar-refractivity contribution in [1.29, 1.82) is 0 Å². The maximum absolute atomic E-state index is 12.2. The zero-order valence-electron chi connectivity index (χ0n) is 13.5. The molecule has 6 heteroatoms. The molecule has 2 N–H and O–H groups in total. The average molecular weight is 338 g/mol. The third-order valence-electron chi connectivity index (χ3n) is 3.53. The molecule has 1 amide bonds. The van der Waals surface area contributed by atoms with Crippen LogP contribution in [0.15, 0.2) is 53.4 Å². The molecule has 3 aromatic rings. The molecule has 5 nitrogen and oxygen atoms in total. The number of rotatable bonds is 5. The van der Waals surface area contributed by atoms with Gasteiger partial charge in [0.05, 0.1) is 6.42 Å². The predicted octanol–water partition coefficient (Wildman–Crippen LogP) is 3.68. The topological polar surface area (TPSA) is 70.7 Å². The quantitative estimate of drug-likeness (QED) is 0.696. The number of aromatic amines is 1. The Morgan fingerprint density at radius 2 is 2.00 bits per heavy atom. The number of carbonyl (C=O) groups is 1. The van der Waals surface area contributed by atoms with Crippen molar-refractivity contribution in [3.05, 3.63) is 59.9 Å². The van der Waals surface area contributed by atoms with Crippen LogP contribution in [0.4, 0.5) is 5.69 Å². The summed E-state index contributed by atoms with van der Waals surface area (Å²) in [5.74, 6) is 1.33. The van der Waals surface area contributed by atoms with Gasteiger partial charge in [-0.1, -0.05) is 24.3 Å². The first-order valence-electron chi connectivity index (χ1n) is 7.56. The first kappa shape index (κ1) is 16.3. The van der Waals surface area contributed by atoms with Gasteiger partial charge in [0.1, 0.15) is 5.82 Å². The van der Waals surface area contributed by atoms with Crippen molar-refractivity contribution < 1.29 is 4.79 Å². The van der Waals surface area contributed by atoms with Gasteiger partial charge in [-0.2, -0.15) is 5.10 Å². The fraction of sp³-hybridized carbons (Fsp3) is 0.167. The Bertz CT molecular complexity index is 842. The number of benzene rings is 2. The van der Waals surface area contributed by atoms with Gasteiger partial charge in [0.15, 0.2) is 5.82 Å². The number of H-pyrrole nitrogens is 1. The van der Waals surface area contributed by atoms with Crippen LogP contribution in [0.1, 0.15) is 11.4 Å². The molecule has 0 aliphatic rings. The van der Waals surface area contributed by atoms with Crippen LogP contribution < -0.4 is 5.32 Å². The second kappa shape index (κ2) is 7.31. The van der Waals surface area contributed by atoms with E-state index in [9.17, 15) is 4.79 Å². The minimum absolute atomic E-state index is 0.0461. The molecule has 0 aliphatic heterocycles. The molecular weight excluding hydrogens is 320 g/mol. The molecule has 3 rings (SSSR count). The van der Waals surface area contributed by atoms with Crippen molar-refractivity contribution in [2.24, 2.45) is 0 Å². The summed E-state index contributed by atoms with van der Waals surface area (Å²) in [6.45, 7) is 1.85. The number of nitrogens with zero attached hydrogens (tertiary/aromatic N) is 2. The lowest BCUT2D eigenvalue weighted by Crippen LogP contribution is -2.14. The number of hydrogen-bond donors (Lipinski definition) is 2. The lowest BCUT2D eigenvalue weighted by Gasteiger charge is -2.07. The summed E-state index contributed by atoms with van der Waals surface area (Å²) in [7, 11) is 0. The molecule has 0 aliphatic carbocycles. The van der Waals surface area contributed by atoms with Gasteiger partial charge in [0, 0.05) is 16.1 Å². The third kappa shape index (κ3) is 4.02. The van der Waals surface area contributed by atoms with Crippen molar-refractivity contribution in [1.82, 2.24) is 15.2 Å². The van der Waals surface area contributed by atoms with Gasteiger partial charge >= 0.3 is 0 Å². The lowest BCUT2D eigenvalue weighted by molar-refractivity contribution is -0.115. The molecule has 122 valence electrons. The molecule has 1 heterocycles. The molecule has 0 saturated carbocycles. The van der Waals surface area contributed by atoms with Crippen LogP contribution in [0.5, 0.6) is 0 Å². The summed E-state index contributed by atoms with van der Waals surface area (Å²) in [6, 6.07) is 15.5. The zero-order valence-corrected chi connectivity index (χ0v) is 14.4. The molecule has 2 aromatic carbocycles. The van der Waals surface area contributed by atoms with Gasteiger partial charge < -0.3 is 5.32 Å². The Kier molecular flexibility index (Phi) is 4.96. The lowest BCUT2D eigenvalue weighted by atomic mass is 10.1. The van der Waals surface area contributed by atoms with Crippen molar-refractivity contribution in [3.63, 3.8) is 0 Å². The molecule has 24 heavy (non-hydrogen) atoms. The van der Waals surface area contributed by atoms with Crippen LogP contribution in [0, 0.1) is 6.92 Å². The highest BCUT2D eigenvalue weighted by Gasteiger charge is 2.07. The Balaban J connectivity index is 1.67. The minimum Gasteiger partial charge on any atom is -0.326 e. The first-order valence-corrected chi connectivity index (χ1v) is 8.79. The van der Waals surface area contributed by atoms with Crippen molar-refractivity contribution in [2.45, 2.75) is 18.2 Å². The molecule has 0 atom stereocenters. The molecule has 0 unspecified atom stereocenters. The van der Waals surface area contributed by atoms with Gasteiger partial charge in [-0.3, -0.25) is 9.89 Å². The third-order valence-corrected chi connectivity index (χ3v) is 4.27. The van der Waals surface area contributed by atoms with E-state index >= 15 is 0 Å². The van der Waals surface area contributed by atoms with Crippen LogP contribution in [0.25, 0.3) is 11.4 Å². The predicted molar refractivity (Wildman–Crippen MR) is 97.1 cm³/mol. The SMILES string of the molecule is CSc1ccc(CC(=O)Nc2cccc(-c3n[nH]c(C)n3)c2)cc1. The summed E-state index contributed by atoms with van der Waals surface area (Å²) < 4.78 is 0. The average Bonchev–Trinajstić information content (AvgIpc) is 3.02. The van der Waals surface area contributed by atoms with Crippen LogP contribution in [0.3, 0.4) is 0 Å². The summed E-state index contributed by atoms with van der Waals surface area (Å²) >= 11 is 1.69. The van der Waals surface area contributed by atoms with E-state index in [1.807, 2.05) is 61.7 Å². The summed E-state index contributed by atoms with van der Waals surface area (Å²) in [6.07, 6.45) is 2.38. The number of carbonyl (C=O) groups excluding carboxylic acids is 1. The highest BCUT2D eigenvalue weighted by atomic mass is 32.2. The Morgan fingerprint density at radius 1 is 1.21 bits per heavy atom. The van der Waals surface area contributed by atoms with E-state index in [1.54, 1.807) is 11.8 Å². The molecule has 0 spiro atoms. The van der Waals surface area contributed by atoms with Gasteiger partial charge in [0.2, 0.25) is 5.91 Å². The number of aryl methyl sites for hydroxylation is 1. The van der Waals surface area contributed by atoms with Gasteiger partial charge in [0.25, 0.3) is 0 Å². The minimum atomic E-state index is -0.0461. The second-order valence-electron chi connectivity index (χ2n) is 5.40. The summed E-state index contributed by atoms with van der Waals surface area (Å²) in [5.41, 5.74) is 2.59. The fourth-order valence-electron chi connectivity index (χ4n) is 2.34. The van der Waals surface area contributed by atoms with E-state index in [-0.39, 0.29) is 5.91 Å². The van der Waals surface area contributed by atoms with E-state index in [2.05, 4.69) is 20.5 Å².